The topological polar surface area (TPSA) is 49.8 Å². The van der Waals surface area contributed by atoms with Crippen molar-refractivity contribution in [2.75, 3.05) is 26.2 Å². The van der Waals surface area contributed by atoms with Gasteiger partial charge in [0.25, 0.3) is 0 Å². The van der Waals surface area contributed by atoms with Crippen molar-refractivity contribution in [1.29, 1.82) is 0 Å². The fraction of sp³-hybridized carbons (Fsp3) is 0.533. The first-order valence-electron chi connectivity index (χ1n) is 7.05. The smallest absolute Gasteiger partial charge is 0.337 e. The largest absolute Gasteiger partial charge is 0.493 e. The van der Waals surface area contributed by atoms with Crippen LogP contribution in [-0.4, -0.2) is 42.2 Å². The van der Waals surface area contributed by atoms with E-state index in [0.717, 1.165) is 13.0 Å². The van der Waals surface area contributed by atoms with Crippen LogP contribution in [0.3, 0.4) is 0 Å². The molecular weight excluding hydrogens is 278 g/mol. The zero-order valence-corrected chi connectivity index (χ0v) is 12.2. The van der Waals surface area contributed by atoms with Gasteiger partial charge in [-0.05, 0) is 50.6 Å². The van der Waals surface area contributed by atoms with Crippen LogP contribution in [0.1, 0.15) is 36.0 Å². The van der Waals surface area contributed by atoms with Crippen LogP contribution in [0.5, 0.6) is 5.75 Å². The summed E-state index contributed by atoms with van der Waals surface area (Å²) in [4.78, 5) is 13.3. The Balaban J connectivity index is 1.73. The van der Waals surface area contributed by atoms with E-state index in [1.807, 2.05) is 0 Å². The summed E-state index contributed by atoms with van der Waals surface area (Å²) in [6, 6.07) is 4.69. The van der Waals surface area contributed by atoms with E-state index >= 15 is 0 Å². The molecular formula is C15H20ClNO3. The highest BCUT2D eigenvalue weighted by Crippen LogP contribution is 2.22. The van der Waals surface area contributed by atoms with Gasteiger partial charge in [0.15, 0.2) is 0 Å². The number of ether oxygens (including phenoxy) is 1. The van der Waals surface area contributed by atoms with Crippen molar-refractivity contribution in [3.05, 3.63) is 28.8 Å². The number of likely N-dealkylation sites (tertiary alicyclic amines) is 1. The van der Waals surface area contributed by atoms with E-state index in [2.05, 4.69) is 4.90 Å². The number of halogens is 1. The molecule has 0 aliphatic carbocycles. The summed E-state index contributed by atoms with van der Waals surface area (Å²) < 4.78 is 5.61. The predicted molar refractivity (Wildman–Crippen MR) is 78.8 cm³/mol. The van der Waals surface area contributed by atoms with Crippen LogP contribution in [-0.2, 0) is 0 Å². The third-order valence-electron chi connectivity index (χ3n) is 3.51. The van der Waals surface area contributed by atoms with Crippen LogP contribution in [0.25, 0.3) is 0 Å². The fourth-order valence-corrected chi connectivity index (χ4v) is 2.67. The molecule has 0 aromatic heterocycles. The molecule has 1 heterocycles. The van der Waals surface area contributed by atoms with Crippen LogP contribution in [0, 0.1) is 0 Å². The van der Waals surface area contributed by atoms with E-state index in [4.69, 9.17) is 21.4 Å². The van der Waals surface area contributed by atoms with Gasteiger partial charge in [0.2, 0.25) is 0 Å². The number of hydrogen-bond acceptors (Lipinski definition) is 3. The molecule has 1 aromatic rings. The summed E-state index contributed by atoms with van der Waals surface area (Å²) in [5.41, 5.74) is 0.104. The minimum absolute atomic E-state index is 0.104. The number of carbonyl (C=O) groups is 1. The molecule has 0 radical (unpaired) electrons. The van der Waals surface area contributed by atoms with Crippen molar-refractivity contribution in [1.82, 2.24) is 4.90 Å². The minimum Gasteiger partial charge on any atom is -0.493 e. The molecule has 0 unspecified atom stereocenters. The van der Waals surface area contributed by atoms with E-state index in [0.29, 0.717) is 12.4 Å². The standard InChI is InChI=1S/C15H20ClNO3/c16-14-11-12(5-6-13(14)15(18)19)20-10-4-9-17-7-2-1-3-8-17/h5-6,11H,1-4,7-10H2,(H,18,19). The molecule has 0 amide bonds. The fourth-order valence-electron chi connectivity index (χ4n) is 2.42. The molecule has 0 spiro atoms. The van der Waals surface area contributed by atoms with Gasteiger partial charge < -0.3 is 14.7 Å². The Bertz CT molecular complexity index is 458. The lowest BCUT2D eigenvalue weighted by molar-refractivity contribution is 0.0697. The van der Waals surface area contributed by atoms with Crippen molar-refractivity contribution in [3.63, 3.8) is 0 Å². The first kappa shape index (κ1) is 15.1. The molecule has 4 nitrogen and oxygen atoms in total. The monoisotopic (exact) mass is 297 g/mol. The predicted octanol–water partition coefficient (Wildman–Crippen LogP) is 3.29. The van der Waals surface area contributed by atoms with Gasteiger partial charge in [-0.1, -0.05) is 18.0 Å². The Labute approximate surface area is 124 Å². The maximum Gasteiger partial charge on any atom is 0.337 e. The summed E-state index contributed by atoms with van der Waals surface area (Å²) in [6.45, 7) is 4.07. The van der Waals surface area contributed by atoms with E-state index in [1.54, 1.807) is 12.1 Å². The summed E-state index contributed by atoms with van der Waals surface area (Å²) in [6.07, 6.45) is 4.92. The lowest BCUT2D eigenvalue weighted by atomic mass is 10.1. The zero-order valence-electron chi connectivity index (χ0n) is 11.5. The van der Waals surface area contributed by atoms with Crippen molar-refractivity contribution in [2.24, 2.45) is 0 Å². The normalized spacial score (nSPS) is 16.1. The second-order valence-electron chi connectivity index (χ2n) is 5.05. The molecule has 20 heavy (non-hydrogen) atoms. The summed E-state index contributed by atoms with van der Waals surface area (Å²) >= 11 is 5.89. The highest BCUT2D eigenvalue weighted by Gasteiger charge is 2.10. The van der Waals surface area contributed by atoms with E-state index in [9.17, 15) is 4.79 Å². The Kier molecular flexibility index (Phi) is 5.68. The van der Waals surface area contributed by atoms with Gasteiger partial charge in [0.1, 0.15) is 5.75 Å². The average Bonchev–Trinajstić information content (AvgIpc) is 2.44. The molecule has 1 N–H and O–H groups in total. The van der Waals surface area contributed by atoms with Crippen LogP contribution >= 0.6 is 11.6 Å². The molecule has 1 aromatic carbocycles. The van der Waals surface area contributed by atoms with Gasteiger partial charge in [0, 0.05) is 6.54 Å². The summed E-state index contributed by atoms with van der Waals surface area (Å²) in [7, 11) is 0. The molecule has 1 fully saturated rings. The van der Waals surface area contributed by atoms with Crippen LogP contribution in [0.2, 0.25) is 5.02 Å². The molecule has 1 saturated heterocycles. The second kappa shape index (κ2) is 7.50. The van der Waals surface area contributed by atoms with Crippen LogP contribution < -0.4 is 4.74 Å². The van der Waals surface area contributed by atoms with Crippen molar-refractivity contribution in [3.8, 4) is 5.75 Å². The molecule has 2 rings (SSSR count). The Hall–Kier alpha value is -1.26. The summed E-state index contributed by atoms with van der Waals surface area (Å²) in [5, 5.41) is 9.10. The number of nitrogens with zero attached hydrogens (tertiary/aromatic N) is 1. The van der Waals surface area contributed by atoms with Crippen molar-refractivity contribution in [2.45, 2.75) is 25.7 Å². The SMILES string of the molecule is O=C(O)c1ccc(OCCCN2CCCCC2)cc1Cl. The van der Waals surface area contributed by atoms with Gasteiger partial charge in [-0.2, -0.15) is 0 Å². The van der Waals surface area contributed by atoms with Gasteiger partial charge in [-0.3, -0.25) is 0 Å². The lowest BCUT2D eigenvalue weighted by Crippen LogP contribution is -2.31. The molecule has 0 saturated carbocycles. The Morgan fingerprint density at radius 2 is 2.05 bits per heavy atom. The number of hydrogen-bond donors (Lipinski definition) is 1. The van der Waals surface area contributed by atoms with Gasteiger partial charge >= 0.3 is 5.97 Å². The number of carboxylic acid groups (broad SMARTS) is 1. The van der Waals surface area contributed by atoms with Crippen LogP contribution in [0.4, 0.5) is 0 Å². The highest BCUT2D eigenvalue weighted by molar-refractivity contribution is 6.33. The first-order valence-corrected chi connectivity index (χ1v) is 7.42. The van der Waals surface area contributed by atoms with E-state index in [-0.39, 0.29) is 10.6 Å². The second-order valence-corrected chi connectivity index (χ2v) is 5.46. The van der Waals surface area contributed by atoms with Gasteiger partial charge in [0.05, 0.1) is 17.2 Å². The van der Waals surface area contributed by atoms with E-state index < -0.39 is 5.97 Å². The Morgan fingerprint density at radius 1 is 1.30 bits per heavy atom. The van der Waals surface area contributed by atoms with Crippen LogP contribution in [0.15, 0.2) is 18.2 Å². The average molecular weight is 298 g/mol. The quantitative estimate of drug-likeness (QED) is 0.819. The zero-order chi connectivity index (χ0) is 14.4. The third kappa shape index (κ3) is 4.39. The highest BCUT2D eigenvalue weighted by atomic mass is 35.5. The molecule has 5 heteroatoms. The maximum absolute atomic E-state index is 10.8. The van der Waals surface area contributed by atoms with Crippen molar-refractivity contribution < 1.29 is 14.6 Å². The van der Waals surface area contributed by atoms with Crippen molar-refractivity contribution >= 4 is 17.6 Å². The number of carboxylic acids is 1. The van der Waals surface area contributed by atoms with Gasteiger partial charge in [-0.15, -0.1) is 0 Å². The minimum atomic E-state index is -1.02. The summed E-state index contributed by atoms with van der Waals surface area (Å²) in [5.74, 6) is -0.398. The number of piperidine rings is 1. The molecule has 1 aliphatic rings. The molecule has 0 atom stereocenters. The van der Waals surface area contributed by atoms with E-state index in [1.165, 1.54) is 38.4 Å². The number of aromatic carboxylic acids is 1. The number of rotatable bonds is 6. The molecule has 0 bridgehead atoms. The molecule has 110 valence electrons. The third-order valence-corrected chi connectivity index (χ3v) is 3.82. The number of benzene rings is 1. The first-order chi connectivity index (χ1) is 9.66. The maximum atomic E-state index is 10.8. The Morgan fingerprint density at radius 3 is 2.70 bits per heavy atom. The van der Waals surface area contributed by atoms with Gasteiger partial charge in [-0.25, -0.2) is 4.79 Å². The molecule has 1 aliphatic heterocycles. The lowest BCUT2D eigenvalue weighted by Gasteiger charge is -2.26.